The lowest BCUT2D eigenvalue weighted by Gasteiger charge is -2.21. The first kappa shape index (κ1) is 19.8. The van der Waals surface area contributed by atoms with Gasteiger partial charge >= 0.3 is 5.97 Å². The molecule has 154 valence electrons. The van der Waals surface area contributed by atoms with E-state index in [9.17, 15) is 4.79 Å². The third-order valence-electron chi connectivity index (χ3n) is 4.81. The van der Waals surface area contributed by atoms with Crippen LogP contribution >= 0.6 is 0 Å². The van der Waals surface area contributed by atoms with Crippen LogP contribution in [0.2, 0.25) is 0 Å². The van der Waals surface area contributed by atoms with Gasteiger partial charge in [0.15, 0.2) is 0 Å². The Kier molecular flexibility index (Phi) is 5.84. The summed E-state index contributed by atoms with van der Waals surface area (Å²) >= 11 is 0. The van der Waals surface area contributed by atoms with Crippen LogP contribution in [0.5, 0.6) is 5.75 Å². The zero-order valence-electron chi connectivity index (χ0n) is 17.0. The molecule has 0 aliphatic carbocycles. The van der Waals surface area contributed by atoms with Crippen LogP contribution in [0.1, 0.15) is 18.9 Å². The first-order valence-corrected chi connectivity index (χ1v) is 9.93. The summed E-state index contributed by atoms with van der Waals surface area (Å²) in [5.41, 5.74) is 3.34. The maximum Gasteiger partial charge on any atom is 0.346 e. The van der Waals surface area contributed by atoms with Crippen molar-refractivity contribution in [3.05, 3.63) is 66.1 Å². The summed E-state index contributed by atoms with van der Waals surface area (Å²) in [6, 6.07) is 17.2. The predicted octanol–water partition coefficient (Wildman–Crippen LogP) is 4.58. The second kappa shape index (κ2) is 8.86. The van der Waals surface area contributed by atoms with Crippen molar-refractivity contribution >= 4 is 22.4 Å². The number of ether oxygens (including phenoxy) is 4. The molecular weight excluding hydrogens is 382 g/mol. The van der Waals surface area contributed by atoms with Crippen LogP contribution in [0.3, 0.4) is 0 Å². The predicted molar refractivity (Wildman–Crippen MR) is 114 cm³/mol. The number of rotatable bonds is 5. The molecule has 0 spiro atoms. The summed E-state index contributed by atoms with van der Waals surface area (Å²) in [5, 5.41) is 0.822. The Labute approximate surface area is 175 Å². The number of carbonyl (C=O) groups is 1. The molecule has 6 heteroatoms. The van der Waals surface area contributed by atoms with Crippen molar-refractivity contribution < 1.29 is 23.7 Å². The number of aromatic nitrogens is 1. The van der Waals surface area contributed by atoms with Gasteiger partial charge in [-0.2, -0.15) is 0 Å². The maximum atomic E-state index is 12.9. The monoisotopic (exact) mass is 405 g/mol. The molecular formula is C24H23NO5. The fraction of sp³-hybridized carbons (Fsp3) is 0.250. The minimum Gasteiger partial charge on any atom is -0.497 e. The number of nitrogens with zero attached hydrogens (tertiary/aromatic N) is 1. The van der Waals surface area contributed by atoms with Gasteiger partial charge in [-0.05, 0) is 43.3 Å². The first-order valence-electron chi connectivity index (χ1n) is 9.93. The van der Waals surface area contributed by atoms with E-state index in [1.165, 1.54) is 0 Å². The smallest absolute Gasteiger partial charge is 0.346 e. The molecule has 2 heterocycles. The van der Waals surface area contributed by atoms with E-state index in [1.807, 2.05) is 54.6 Å². The van der Waals surface area contributed by atoms with Crippen LogP contribution in [0, 0.1) is 0 Å². The number of carbonyl (C=O) groups excluding carboxylic acids is 1. The van der Waals surface area contributed by atoms with E-state index in [4.69, 9.17) is 23.9 Å². The zero-order valence-corrected chi connectivity index (χ0v) is 17.0. The van der Waals surface area contributed by atoms with Crippen LogP contribution in [-0.2, 0) is 19.0 Å². The number of hydrogen-bond acceptors (Lipinski definition) is 6. The molecule has 0 atom stereocenters. The molecule has 1 aliphatic heterocycles. The van der Waals surface area contributed by atoms with Gasteiger partial charge in [-0.15, -0.1) is 0 Å². The molecule has 0 unspecified atom stereocenters. The van der Waals surface area contributed by atoms with Gasteiger partial charge in [0.1, 0.15) is 11.3 Å². The highest BCUT2D eigenvalue weighted by Crippen LogP contribution is 2.33. The molecule has 1 aromatic heterocycles. The SMILES string of the molecule is CCOC(=O)C(=C1OCCCO1)c1cc(-c2ccc(OC)cc2)nc2ccccc12. The maximum absolute atomic E-state index is 12.9. The molecule has 1 aliphatic rings. The van der Waals surface area contributed by atoms with Crippen LogP contribution in [0.15, 0.2) is 60.5 Å². The van der Waals surface area contributed by atoms with E-state index in [2.05, 4.69) is 0 Å². The van der Waals surface area contributed by atoms with Crippen LogP contribution in [0.25, 0.3) is 27.7 Å². The lowest BCUT2D eigenvalue weighted by Crippen LogP contribution is -2.17. The third kappa shape index (κ3) is 3.94. The molecule has 0 N–H and O–H groups in total. The van der Waals surface area contributed by atoms with Crippen molar-refractivity contribution in [3.8, 4) is 17.0 Å². The largest absolute Gasteiger partial charge is 0.497 e. The lowest BCUT2D eigenvalue weighted by atomic mass is 9.98. The van der Waals surface area contributed by atoms with E-state index < -0.39 is 5.97 Å². The standard InChI is InChI=1S/C24H23NO5/c1-3-28-23(26)22(24-29-13-6-14-30-24)19-15-21(16-9-11-17(27-2)12-10-16)25-20-8-5-4-7-18(19)20/h4-5,7-12,15H,3,6,13-14H2,1-2H3. The Hall–Kier alpha value is -3.54. The molecule has 0 saturated carbocycles. The quantitative estimate of drug-likeness (QED) is 0.457. The van der Waals surface area contributed by atoms with Crippen LogP contribution in [0.4, 0.5) is 0 Å². The minimum atomic E-state index is -0.480. The van der Waals surface area contributed by atoms with Gasteiger partial charge in [-0.1, -0.05) is 18.2 Å². The highest BCUT2D eigenvalue weighted by Gasteiger charge is 2.26. The van der Waals surface area contributed by atoms with Gasteiger partial charge in [0.05, 0.1) is 38.1 Å². The zero-order chi connectivity index (χ0) is 20.9. The molecule has 4 rings (SSSR count). The molecule has 30 heavy (non-hydrogen) atoms. The van der Waals surface area contributed by atoms with Crippen molar-refractivity contribution in [2.75, 3.05) is 26.9 Å². The second-order valence-corrected chi connectivity index (χ2v) is 6.73. The summed E-state index contributed by atoms with van der Waals surface area (Å²) < 4.78 is 22.0. The lowest BCUT2D eigenvalue weighted by molar-refractivity contribution is -0.136. The number of benzene rings is 2. The summed E-state index contributed by atoms with van der Waals surface area (Å²) in [4.78, 5) is 17.7. The van der Waals surface area contributed by atoms with Crippen LogP contribution in [-0.4, -0.2) is 37.9 Å². The van der Waals surface area contributed by atoms with Crippen molar-refractivity contribution in [3.63, 3.8) is 0 Å². The molecule has 1 fully saturated rings. The molecule has 6 nitrogen and oxygen atoms in total. The number of esters is 1. The Morgan fingerprint density at radius 2 is 1.80 bits per heavy atom. The Morgan fingerprint density at radius 3 is 2.50 bits per heavy atom. The molecule has 0 radical (unpaired) electrons. The van der Waals surface area contributed by atoms with Gasteiger partial charge in [0.25, 0.3) is 5.95 Å². The van der Waals surface area contributed by atoms with E-state index in [0.29, 0.717) is 18.8 Å². The fourth-order valence-electron chi connectivity index (χ4n) is 3.37. The Morgan fingerprint density at radius 1 is 1.07 bits per heavy atom. The molecule has 1 saturated heterocycles. The second-order valence-electron chi connectivity index (χ2n) is 6.73. The van der Waals surface area contributed by atoms with E-state index in [0.717, 1.165) is 34.3 Å². The normalized spacial score (nSPS) is 13.3. The average Bonchev–Trinajstić information content (AvgIpc) is 2.80. The van der Waals surface area contributed by atoms with Gasteiger partial charge in [-0.25, -0.2) is 9.78 Å². The minimum absolute atomic E-state index is 0.205. The third-order valence-corrected chi connectivity index (χ3v) is 4.81. The molecule has 0 bridgehead atoms. The number of methoxy groups -OCH3 is 1. The van der Waals surface area contributed by atoms with Gasteiger partial charge < -0.3 is 18.9 Å². The van der Waals surface area contributed by atoms with Gasteiger partial charge in [-0.3, -0.25) is 0 Å². The topological polar surface area (TPSA) is 66.9 Å². The summed E-state index contributed by atoms with van der Waals surface area (Å²) in [7, 11) is 1.63. The fourth-order valence-corrected chi connectivity index (χ4v) is 3.37. The van der Waals surface area contributed by atoms with Crippen molar-refractivity contribution in [2.45, 2.75) is 13.3 Å². The van der Waals surface area contributed by atoms with E-state index in [-0.39, 0.29) is 18.1 Å². The highest BCUT2D eigenvalue weighted by molar-refractivity contribution is 6.20. The van der Waals surface area contributed by atoms with E-state index in [1.54, 1.807) is 14.0 Å². The summed E-state index contributed by atoms with van der Waals surface area (Å²) in [6.07, 6.45) is 0.772. The van der Waals surface area contributed by atoms with Crippen molar-refractivity contribution in [1.29, 1.82) is 0 Å². The Bertz CT molecular complexity index is 1080. The van der Waals surface area contributed by atoms with Gasteiger partial charge in [0, 0.05) is 22.9 Å². The van der Waals surface area contributed by atoms with E-state index >= 15 is 0 Å². The highest BCUT2D eigenvalue weighted by atomic mass is 16.7. The van der Waals surface area contributed by atoms with Crippen molar-refractivity contribution in [2.24, 2.45) is 0 Å². The summed E-state index contributed by atoms with van der Waals surface area (Å²) in [6.45, 7) is 3.01. The number of pyridine rings is 1. The van der Waals surface area contributed by atoms with Crippen LogP contribution < -0.4 is 4.74 Å². The molecule has 3 aromatic rings. The van der Waals surface area contributed by atoms with Crippen molar-refractivity contribution in [1.82, 2.24) is 4.98 Å². The number of para-hydroxylation sites is 1. The number of fused-ring (bicyclic) bond motifs is 1. The molecule has 0 amide bonds. The van der Waals surface area contributed by atoms with Gasteiger partial charge in [0.2, 0.25) is 0 Å². The molecule has 2 aromatic carbocycles. The average molecular weight is 405 g/mol. The first-order chi connectivity index (χ1) is 14.7. The number of hydrogen-bond donors (Lipinski definition) is 0. The Balaban J connectivity index is 1.93. The summed E-state index contributed by atoms with van der Waals surface area (Å²) in [5.74, 6) is 0.487.